The van der Waals surface area contributed by atoms with Crippen molar-refractivity contribution in [2.45, 2.75) is 165 Å². The Kier molecular flexibility index (Phi) is 26.6. The van der Waals surface area contributed by atoms with E-state index in [2.05, 4.69) is 69.2 Å². The van der Waals surface area contributed by atoms with Crippen molar-refractivity contribution < 1.29 is 32.5 Å². The second-order valence-corrected chi connectivity index (χ2v) is 20.9. The van der Waals surface area contributed by atoms with Crippen LogP contribution in [0, 0.1) is 59.2 Å². The Bertz CT molecular complexity index is 953. The Morgan fingerprint density at radius 3 is 1.67 bits per heavy atom. The summed E-state index contributed by atoms with van der Waals surface area (Å²) in [7, 11) is -2.64. The fraction of sp³-hybridized carbons (Fsp3) is 0.977. The lowest BCUT2D eigenvalue weighted by atomic mass is 9.80. The molecular weight excluding hydrogens is 673 g/mol. The molecule has 0 bridgehead atoms. The highest BCUT2D eigenvalue weighted by Crippen LogP contribution is 2.29. The number of carbonyl (C=O) groups is 1. The minimum atomic E-state index is -2.64. The molecule has 0 spiro atoms. The van der Waals surface area contributed by atoms with E-state index in [-0.39, 0.29) is 0 Å². The summed E-state index contributed by atoms with van der Waals surface area (Å²) in [5.41, 5.74) is 0. The van der Waals surface area contributed by atoms with E-state index in [1.54, 1.807) is 0 Å². The van der Waals surface area contributed by atoms with Gasteiger partial charge in [-0.2, -0.15) is 0 Å². The topological polar surface area (TPSA) is 99.1 Å². The first-order chi connectivity index (χ1) is 24.5. The smallest absolute Gasteiger partial charge is 0.150 e. The fourth-order valence-corrected chi connectivity index (χ4v) is 10.4. The van der Waals surface area contributed by atoms with Gasteiger partial charge in [0.1, 0.15) is 5.78 Å². The van der Waals surface area contributed by atoms with E-state index >= 15 is 0 Å². The van der Waals surface area contributed by atoms with Crippen LogP contribution in [0.4, 0.5) is 0 Å². The molecule has 5 unspecified atom stereocenters. The predicted molar refractivity (Wildman–Crippen MR) is 218 cm³/mol. The van der Waals surface area contributed by atoms with E-state index in [0.29, 0.717) is 65.5 Å². The Labute approximate surface area is 322 Å². The van der Waals surface area contributed by atoms with Crippen molar-refractivity contribution in [1.82, 2.24) is 0 Å². The number of Topliss-reactive ketones (excluding diaryl/α,β-unsaturated/α-hetero) is 1. The SMILES string of the molecule is CC(C)C(CO)C1CCOCC1.CC(C)CC1CCCC(=O)C1.CC(C)CC1CCCO1.CC(C)CC1CCOC1.CC(C)CC1CCS(=O)(=O)C1. The van der Waals surface area contributed by atoms with E-state index < -0.39 is 9.84 Å². The number of sulfone groups is 1. The van der Waals surface area contributed by atoms with Gasteiger partial charge in [-0.05, 0) is 136 Å². The summed E-state index contributed by atoms with van der Waals surface area (Å²) in [5.74, 6) is 8.15. The first-order valence-corrected chi connectivity index (χ1v) is 23.4. The minimum Gasteiger partial charge on any atom is -0.396 e. The van der Waals surface area contributed by atoms with Gasteiger partial charge in [0.05, 0.1) is 17.6 Å². The lowest BCUT2D eigenvalue weighted by Gasteiger charge is -2.31. The van der Waals surface area contributed by atoms with Crippen molar-refractivity contribution in [3.8, 4) is 0 Å². The zero-order valence-corrected chi connectivity index (χ0v) is 36.5. The quantitative estimate of drug-likeness (QED) is 0.224. The van der Waals surface area contributed by atoms with Gasteiger partial charge in [-0.25, -0.2) is 8.42 Å². The molecule has 5 rings (SSSR count). The van der Waals surface area contributed by atoms with Gasteiger partial charge >= 0.3 is 0 Å². The third-order valence-corrected chi connectivity index (χ3v) is 12.9. The number of hydrogen-bond donors (Lipinski definition) is 1. The molecular formula is C44H86O7S. The lowest BCUT2D eigenvalue weighted by molar-refractivity contribution is -0.121. The summed E-state index contributed by atoms with van der Waals surface area (Å²) in [6, 6.07) is 0. The van der Waals surface area contributed by atoms with Crippen LogP contribution in [0.25, 0.3) is 0 Å². The minimum absolute atomic E-state index is 0.336. The number of carbonyl (C=O) groups excluding carboxylic acids is 1. The molecule has 0 radical (unpaired) electrons. The zero-order valence-electron chi connectivity index (χ0n) is 35.7. The van der Waals surface area contributed by atoms with Crippen LogP contribution in [0.2, 0.25) is 0 Å². The average molecular weight is 759 g/mol. The van der Waals surface area contributed by atoms with Gasteiger partial charge in [0.15, 0.2) is 9.84 Å². The molecule has 5 aliphatic rings. The molecule has 1 N–H and O–H groups in total. The Morgan fingerprint density at radius 1 is 0.654 bits per heavy atom. The van der Waals surface area contributed by atoms with Crippen LogP contribution in [-0.2, 0) is 28.8 Å². The molecule has 8 heteroatoms. The van der Waals surface area contributed by atoms with Gasteiger partial charge < -0.3 is 19.3 Å². The van der Waals surface area contributed by atoms with Crippen molar-refractivity contribution in [2.75, 3.05) is 51.1 Å². The fourth-order valence-electron chi connectivity index (χ4n) is 8.55. The maximum absolute atomic E-state index is 11.1. The van der Waals surface area contributed by atoms with Gasteiger partial charge in [-0.1, -0.05) is 69.2 Å². The Morgan fingerprint density at radius 2 is 1.23 bits per heavy atom. The molecule has 4 heterocycles. The number of hydrogen-bond acceptors (Lipinski definition) is 7. The zero-order chi connectivity index (χ0) is 39.1. The van der Waals surface area contributed by atoms with Crippen molar-refractivity contribution in [3.05, 3.63) is 0 Å². The first-order valence-electron chi connectivity index (χ1n) is 21.6. The lowest BCUT2D eigenvalue weighted by Crippen LogP contribution is -2.29. The maximum Gasteiger partial charge on any atom is 0.150 e. The van der Waals surface area contributed by atoms with Crippen LogP contribution in [0.5, 0.6) is 0 Å². The van der Waals surface area contributed by atoms with Crippen molar-refractivity contribution in [3.63, 3.8) is 0 Å². The highest BCUT2D eigenvalue weighted by atomic mass is 32.2. The van der Waals surface area contributed by atoms with Crippen LogP contribution in [0.1, 0.15) is 159 Å². The normalized spacial score (nSPS) is 26.7. The van der Waals surface area contributed by atoms with Gasteiger partial charge in [-0.3, -0.25) is 4.79 Å². The van der Waals surface area contributed by atoms with E-state index in [1.165, 1.54) is 44.9 Å². The molecule has 5 fully saturated rings. The van der Waals surface area contributed by atoms with Crippen molar-refractivity contribution >= 4 is 15.6 Å². The van der Waals surface area contributed by atoms with E-state index in [9.17, 15) is 18.3 Å². The molecule has 4 saturated heterocycles. The number of ketones is 1. The Hall–Kier alpha value is -0.540. The molecule has 4 aliphatic heterocycles. The molecule has 7 nitrogen and oxygen atoms in total. The van der Waals surface area contributed by atoms with Gasteiger partial charge in [-0.15, -0.1) is 0 Å². The number of aliphatic hydroxyl groups excluding tert-OH is 1. The van der Waals surface area contributed by atoms with Crippen molar-refractivity contribution in [2.24, 2.45) is 59.2 Å². The molecule has 1 saturated carbocycles. The number of ether oxygens (including phenoxy) is 3. The van der Waals surface area contributed by atoms with E-state index in [1.807, 2.05) is 0 Å². The first kappa shape index (κ1) is 49.5. The monoisotopic (exact) mass is 759 g/mol. The maximum atomic E-state index is 11.1. The van der Waals surface area contributed by atoms with Crippen LogP contribution < -0.4 is 0 Å². The highest BCUT2D eigenvalue weighted by molar-refractivity contribution is 7.91. The number of aliphatic hydroxyl groups is 1. The molecule has 52 heavy (non-hydrogen) atoms. The average Bonchev–Trinajstić information content (AvgIpc) is 3.82. The molecule has 0 aromatic rings. The standard InChI is InChI=1S/C10H20O2.C10H18O.C8H16O2S.2C8H16O/c1-8(2)10(7-11)9-3-5-12-6-4-9;1-8(2)6-9-4-3-5-10(11)7-9;1-7(2)5-8-3-4-11(9,10)6-8;1-7(2)5-8-3-4-9-6-8;1-7(2)6-8-4-3-5-9-8/h8-11H,3-7H2,1-2H3;8-9H,3-7H2,1-2H3;7-8H,3-6H2,1-2H3;2*7-8H,3-6H2,1-2H3. The van der Waals surface area contributed by atoms with Gasteiger partial charge in [0.25, 0.3) is 0 Å². The van der Waals surface area contributed by atoms with Gasteiger partial charge in [0.2, 0.25) is 0 Å². The summed E-state index contributed by atoms with van der Waals surface area (Å²) < 4.78 is 38.1. The van der Waals surface area contributed by atoms with Crippen LogP contribution >= 0.6 is 0 Å². The predicted octanol–water partition coefficient (Wildman–Crippen LogP) is 10.2. The van der Waals surface area contributed by atoms with Crippen LogP contribution in [0.3, 0.4) is 0 Å². The third kappa shape index (κ3) is 24.8. The number of rotatable bonds is 11. The third-order valence-electron chi connectivity index (χ3n) is 11.0. The summed E-state index contributed by atoms with van der Waals surface area (Å²) >= 11 is 0. The van der Waals surface area contributed by atoms with E-state index in [4.69, 9.17) is 14.2 Å². The second-order valence-electron chi connectivity index (χ2n) is 18.7. The van der Waals surface area contributed by atoms with Crippen molar-refractivity contribution in [1.29, 1.82) is 0 Å². The summed E-state index contributed by atoms with van der Waals surface area (Å²) in [6.45, 7) is 27.3. The molecule has 5 atom stereocenters. The summed E-state index contributed by atoms with van der Waals surface area (Å²) in [6.07, 6.45) is 16.6. The largest absolute Gasteiger partial charge is 0.396 e. The molecule has 310 valence electrons. The molecule has 0 amide bonds. The van der Waals surface area contributed by atoms with Gasteiger partial charge in [0, 0.05) is 52.5 Å². The summed E-state index contributed by atoms with van der Waals surface area (Å²) in [4.78, 5) is 11.1. The van der Waals surface area contributed by atoms with Crippen LogP contribution in [0.15, 0.2) is 0 Å². The summed E-state index contributed by atoms with van der Waals surface area (Å²) in [5, 5.41) is 9.21. The molecule has 0 aromatic carbocycles. The van der Waals surface area contributed by atoms with E-state index in [0.717, 1.165) is 102 Å². The van der Waals surface area contributed by atoms with Crippen LogP contribution in [-0.4, -0.2) is 76.6 Å². The molecule has 0 aromatic heterocycles. The molecule has 1 aliphatic carbocycles. The Balaban J connectivity index is 0.000000326. The highest BCUT2D eigenvalue weighted by Gasteiger charge is 2.28. The second kappa shape index (κ2) is 27.9.